The van der Waals surface area contributed by atoms with Crippen molar-refractivity contribution in [3.05, 3.63) is 23.7 Å². The molecule has 1 aromatic rings. The molecule has 1 unspecified atom stereocenters. The Hall–Kier alpha value is -0.800. The van der Waals surface area contributed by atoms with Crippen LogP contribution in [0.1, 0.15) is 52.9 Å². The molecule has 3 heteroatoms. The first-order valence-electron chi connectivity index (χ1n) is 7.20. The van der Waals surface area contributed by atoms with E-state index in [-0.39, 0.29) is 5.41 Å². The van der Waals surface area contributed by atoms with Crippen molar-refractivity contribution in [2.45, 2.75) is 66.7 Å². The quantitative estimate of drug-likeness (QED) is 0.852. The van der Waals surface area contributed by atoms with Crippen LogP contribution in [0.15, 0.2) is 16.7 Å². The van der Waals surface area contributed by atoms with Gasteiger partial charge in [0, 0.05) is 24.2 Å². The predicted molar refractivity (Wildman–Crippen MR) is 81.1 cm³/mol. The van der Waals surface area contributed by atoms with E-state index in [0.717, 1.165) is 18.8 Å². The van der Waals surface area contributed by atoms with Gasteiger partial charge in [0.2, 0.25) is 0 Å². The standard InChI is InChI=1S/C16H30N2O/c1-12(2)17-10-14-8-9-19-15(14)11-18(7)13(3)16(4,5)6/h8-9,12-13,17H,10-11H2,1-7H3. The number of furan rings is 1. The first-order valence-corrected chi connectivity index (χ1v) is 7.20. The molecule has 0 amide bonds. The van der Waals surface area contributed by atoms with E-state index < -0.39 is 0 Å². The molecule has 1 atom stereocenters. The van der Waals surface area contributed by atoms with Crippen LogP contribution in [0.25, 0.3) is 0 Å². The van der Waals surface area contributed by atoms with Crippen molar-refractivity contribution in [3.8, 4) is 0 Å². The highest BCUT2D eigenvalue weighted by Gasteiger charge is 2.24. The highest BCUT2D eigenvalue weighted by molar-refractivity contribution is 5.17. The molecule has 1 aromatic heterocycles. The summed E-state index contributed by atoms with van der Waals surface area (Å²) in [6.07, 6.45) is 1.79. The summed E-state index contributed by atoms with van der Waals surface area (Å²) >= 11 is 0. The largest absolute Gasteiger partial charge is 0.468 e. The molecule has 1 heterocycles. The molecule has 1 N–H and O–H groups in total. The third-order valence-electron chi connectivity index (χ3n) is 3.85. The fourth-order valence-electron chi connectivity index (χ4n) is 2.00. The molecule has 0 bridgehead atoms. The van der Waals surface area contributed by atoms with Crippen molar-refractivity contribution in [3.63, 3.8) is 0 Å². The molecule has 0 saturated heterocycles. The maximum atomic E-state index is 5.65. The average molecular weight is 266 g/mol. The van der Waals surface area contributed by atoms with Crippen molar-refractivity contribution in [2.75, 3.05) is 7.05 Å². The van der Waals surface area contributed by atoms with Crippen LogP contribution in [0.3, 0.4) is 0 Å². The van der Waals surface area contributed by atoms with Crippen LogP contribution in [0.2, 0.25) is 0 Å². The van der Waals surface area contributed by atoms with Crippen LogP contribution in [0.4, 0.5) is 0 Å². The molecule has 110 valence electrons. The Morgan fingerprint density at radius 1 is 1.26 bits per heavy atom. The second-order valence-electron chi connectivity index (χ2n) is 6.86. The van der Waals surface area contributed by atoms with Crippen LogP contribution in [-0.2, 0) is 13.1 Å². The fourth-order valence-corrected chi connectivity index (χ4v) is 2.00. The Morgan fingerprint density at radius 3 is 2.42 bits per heavy atom. The van der Waals surface area contributed by atoms with Crippen molar-refractivity contribution < 1.29 is 4.42 Å². The third kappa shape index (κ3) is 5.00. The number of hydrogen-bond donors (Lipinski definition) is 1. The first-order chi connectivity index (χ1) is 8.71. The lowest BCUT2D eigenvalue weighted by atomic mass is 9.87. The second kappa shape index (κ2) is 6.58. The van der Waals surface area contributed by atoms with Crippen molar-refractivity contribution >= 4 is 0 Å². The molecule has 0 fully saturated rings. The Labute approximate surface area is 118 Å². The van der Waals surface area contributed by atoms with Gasteiger partial charge in [-0.15, -0.1) is 0 Å². The highest BCUT2D eigenvalue weighted by atomic mass is 16.3. The molecule has 0 aromatic carbocycles. The molecule has 0 aliphatic carbocycles. The van der Waals surface area contributed by atoms with Gasteiger partial charge in [-0.05, 0) is 25.5 Å². The zero-order valence-corrected chi connectivity index (χ0v) is 13.6. The van der Waals surface area contributed by atoms with Crippen LogP contribution in [-0.4, -0.2) is 24.0 Å². The molecule has 3 nitrogen and oxygen atoms in total. The minimum atomic E-state index is 0.275. The summed E-state index contributed by atoms with van der Waals surface area (Å²) in [6, 6.07) is 3.07. The maximum absolute atomic E-state index is 5.65. The second-order valence-corrected chi connectivity index (χ2v) is 6.86. The van der Waals surface area contributed by atoms with Crippen LogP contribution in [0.5, 0.6) is 0 Å². The zero-order chi connectivity index (χ0) is 14.6. The summed E-state index contributed by atoms with van der Waals surface area (Å²) in [7, 11) is 2.16. The monoisotopic (exact) mass is 266 g/mol. The summed E-state index contributed by atoms with van der Waals surface area (Å²) in [6.45, 7) is 15.2. The van der Waals surface area contributed by atoms with Gasteiger partial charge in [0.1, 0.15) is 5.76 Å². The van der Waals surface area contributed by atoms with Crippen molar-refractivity contribution in [1.29, 1.82) is 0 Å². The van der Waals surface area contributed by atoms with E-state index in [1.165, 1.54) is 5.56 Å². The topological polar surface area (TPSA) is 28.4 Å². The Balaban J connectivity index is 2.64. The van der Waals surface area contributed by atoms with Gasteiger partial charge in [-0.3, -0.25) is 4.90 Å². The van der Waals surface area contributed by atoms with Crippen LogP contribution >= 0.6 is 0 Å². The molecule has 19 heavy (non-hydrogen) atoms. The predicted octanol–water partition coefficient (Wildman–Crippen LogP) is 3.64. The van der Waals surface area contributed by atoms with E-state index in [4.69, 9.17) is 4.42 Å². The minimum absolute atomic E-state index is 0.275. The summed E-state index contributed by atoms with van der Waals surface area (Å²) in [5, 5.41) is 3.44. The third-order valence-corrected chi connectivity index (χ3v) is 3.85. The van der Waals surface area contributed by atoms with Gasteiger partial charge in [0.25, 0.3) is 0 Å². The molecule has 1 rings (SSSR count). The van der Waals surface area contributed by atoms with Crippen molar-refractivity contribution in [1.82, 2.24) is 10.2 Å². The number of hydrogen-bond acceptors (Lipinski definition) is 3. The summed E-state index contributed by atoms with van der Waals surface area (Å²) in [4.78, 5) is 2.36. The number of rotatable bonds is 6. The molecule has 0 radical (unpaired) electrons. The minimum Gasteiger partial charge on any atom is -0.468 e. The first kappa shape index (κ1) is 16.3. The van der Waals surface area contributed by atoms with E-state index in [0.29, 0.717) is 12.1 Å². The van der Waals surface area contributed by atoms with E-state index in [9.17, 15) is 0 Å². The molecule has 0 aliphatic rings. The van der Waals surface area contributed by atoms with Gasteiger partial charge in [0.05, 0.1) is 12.8 Å². The molecule has 0 saturated carbocycles. The van der Waals surface area contributed by atoms with Crippen molar-refractivity contribution in [2.24, 2.45) is 5.41 Å². The smallest absolute Gasteiger partial charge is 0.122 e. The van der Waals surface area contributed by atoms with E-state index in [2.05, 4.69) is 64.9 Å². The number of nitrogens with zero attached hydrogens (tertiary/aromatic N) is 1. The Bertz CT molecular complexity index is 376. The maximum Gasteiger partial charge on any atom is 0.122 e. The SMILES string of the molecule is CC(C)NCc1ccoc1CN(C)C(C)C(C)(C)C. The summed E-state index contributed by atoms with van der Waals surface area (Å²) in [5.74, 6) is 1.08. The molecular formula is C16H30N2O. The van der Waals surface area contributed by atoms with Gasteiger partial charge in [-0.25, -0.2) is 0 Å². The molecule has 0 spiro atoms. The van der Waals surface area contributed by atoms with Gasteiger partial charge < -0.3 is 9.73 Å². The molecule has 0 aliphatic heterocycles. The van der Waals surface area contributed by atoms with Gasteiger partial charge in [0.15, 0.2) is 0 Å². The van der Waals surface area contributed by atoms with E-state index in [1.54, 1.807) is 6.26 Å². The van der Waals surface area contributed by atoms with Crippen LogP contribution < -0.4 is 5.32 Å². The highest BCUT2D eigenvalue weighted by Crippen LogP contribution is 2.25. The lowest BCUT2D eigenvalue weighted by Gasteiger charge is -2.35. The average Bonchev–Trinajstić information content (AvgIpc) is 2.71. The Kier molecular flexibility index (Phi) is 5.63. The zero-order valence-electron chi connectivity index (χ0n) is 13.6. The lowest BCUT2D eigenvalue weighted by molar-refractivity contribution is 0.126. The molecular weight excluding hydrogens is 236 g/mol. The summed E-state index contributed by atoms with van der Waals surface area (Å²) < 4.78 is 5.65. The Morgan fingerprint density at radius 2 is 1.89 bits per heavy atom. The fraction of sp³-hybridized carbons (Fsp3) is 0.750. The van der Waals surface area contributed by atoms with E-state index >= 15 is 0 Å². The van der Waals surface area contributed by atoms with Gasteiger partial charge in [-0.1, -0.05) is 34.6 Å². The number of nitrogens with one attached hydrogen (secondary N) is 1. The van der Waals surface area contributed by atoms with E-state index in [1.807, 2.05) is 0 Å². The summed E-state index contributed by atoms with van der Waals surface area (Å²) in [5.41, 5.74) is 1.54. The lowest BCUT2D eigenvalue weighted by Crippen LogP contribution is -2.39. The van der Waals surface area contributed by atoms with Crippen LogP contribution in [0, 0.1) is 5.41 Å². The van der Waals surface area contributed by atoms with Gasteiger partial charge in [-0.2, -0.15) is 0 Å². The normalized spacial score (nSPS) is 14.4. The van der Waals surface area contributed by atoms with Gasteiger partial charge >= 0.3 is 0 Å².